The maximum absolute atomic E-state index is 12.5. The number of amides is 3. The highest BCUT2D eigenvalue weighted by Gasteiger charge is 2.23. The number of para-hydroxylation sites is 1. The van der Waals surface area contributed by atoms with Crippen molar-refractivity contribution in [2.24, 2.45) is 0 Å². The van der Waals surface area contributed by atoms with Gasteiger partial charge in [0.15, 0.2) is 6.61 Å². The molecule has 0 fully saturated rings. The molecule has 0 atom stereocenters. The van der Waals surface area contributed by atoms with Crippen molar-refractivity contribution in [3.63, 3.8) is 0 Å². The van der Waals surface area contributed by atoms with Gasteiger partial charge in [0.1, 0.15) is 5.00 Å². The summed E-state index contributed by atoms with van der Waals surface area (Å²) >= 11 is 7.25. The molecule has 0 spiro atoms. The second-order valence-corrected chi connectivity index (χ2v) is 8.15. The topological polar surface area (TPSA) is 105 Å². The first kappa shape index (κ1) is 23.4. The Morgan fingerprint density at radius 3 is 2.43 bits per heavy atom. The van der Waals surface area contributed by atoms with Crippen LogP contribution in [0.3, 0.4) is 0 Å². The Kier molecular flexibility index (Phi) is 7.96. The van der Waals surface area contributed by atoms with E-state index in [0.717, 1.165) is 9.78 Å². The van der Waals surface area contributed by atoms with Gasteiger partial charge in [-0.25, -0.2) is 4.79 Å². The first-order valence-corrected chi connectivity index (χ1v) is 10.1. The molecular formula is C20H22ClN3O5S. The van der Waals surface area contributed by atoms with E-state index in [1.54, 1.807) is 31.2 Å². The van der Waals surface area contributed by atoms with Crippen LogP contribution >= 0.6 is 22.9 Å². The molecule has 0 aliphatic rings. The van der Waals surface area contributed by atoms with E-state index in [0.29, 0.717) is 21.3 Å². The summed E-state index contributed by atoms with van der Waals surface area (Å²) in [5.74, 6) is -2.03. The zero-order chi connectivity index (χ0) is 22.4. The highest BCUT2D eigenvalue weighted by Crippen LogP contribution is 2.33. The molecular weight excluding hydrogens is 430 g/mol. The fourth-order valence-electron chi connectivity index (χ4n) is 2.49. The number of halogens is 1. The molecule has 30 heavy (non-hydrogen) atoms. The second-order valence-electron chi connectivity index (χ2n) is 6.52. The van der Waals surface area contributed by atoms with E-state index in [1.165, 1.54) is 25.3 Å². The predicted molar refractivity (Wildman–Crippen MR) is 116 cm³/mol. The number of carbonyl (C=O) groups is 4. The number of ether oxygens (including phenoxy) is 1. The summed E-state index contributed by atoms with van der Waals surface area (Å²) in [5.41, 5.74) is 1.33. The minimum absolute atomic E-state index is 0.222. The molecule has 0 bridgehead atoms. The Hall–Kier alpha value is -2.91. The lowest BCUT2D eigenvalue weighted by molar-refractivity contribution is -0.136. The number of anilines is 2. The van der Waals surface area contributed by atoms with Gasteiger partial charge in [0.2, 0.25) is 11.8 Å². The normalized spacial score (nSPS) is 10.3. The van der Waals surface area contributed by atoms with E-state index < -0.39 is 24.4 Å². The second kappa shape index (κ2) is 10.2. The fourth-order valence-corrected chi connectivity index (χ4v) is 3.76. The monoisotopic (exact) mass is 451 g/mol. The molecule has 0 radical (unpaired) electrons. The summed E-state index contributed by atoms with van der Waals surface area (Å²) in [6.45, 7) is 4.11. The van der Waals surface area contributed by atoms with Crippen LogP contribution in [0, 0.1) is 13.8 Å². The Balaban J connectivity index is 1.93. The highest BCUT2D eigenvalue weighted by molar-refractivity contribution is 7.16. The van der Waals surface area contributed by atoms with Crippen LogP contribution < -0.4 is 10.6 Å². The zero-order valence-corrected chi connectivity index (χ0v) is 18.6. The number of hydrogen-bond acceptors (Lipinski definition) is 6. The van der Waals surface area contributed by atoms with Crippen molar-refractivity contribution >= 4 is 57.3 Å². The average molecular weight is 452 g/mol. The maximum Gasteiger partial charge on any atom is 0.341 e. The number of aryl methyl sites for hydroxylation is 1. The third-order valence-corrected chi connectivity index (χ3v) is 5.61. The summed E-state index contributed by atoms with van der Waals surface area (Å²) in [6.07, 6.45) is 0. The van der Waals surface area contributed by atoms with E-state index in [1.807, 2.05) is 6.92 Å². The SMILES string of the molecule is CC(=O)Nc1sc(C)c(C)c1C(=O)OCC(=O)N(C)CC(=O)Nc1ccccc1Cl. The number of likely N-dealkylation sites (N-methyl/N-ethyl adjacent to an activating group) is 1. The average Bonchev–Trinajstić information content (AvgIpc) is 2.94. The molecule has 0 saturated heterocycles. The molecule has 1 aromatic heterocycles. The molecule has 1 heterocycles. The zero-order valence-electron chi connectivity index (χ0n) is 17.0. The smallest absolute Gasteiger partial charge is 0.341 e. The molecule has 8 nitrogen and oxygen atoms in total. The summed E-state index contributed by atoms with van der Waals surface area (Å²) < 4.78 is 5.12. The van der Waals surface area contributed by atoms with Crippen molar-refractivity contribution in [1.82, 2.24) is 4.90 Å². The van der Waals surface area contributed by atoms with Crippen LogP contribution in [-0.2, 0) is 19.1 Å². The van der Waals surface area contributed by atoms with E-state index in [-0.39, 0.29) is 18.0 Å². The highest BCUT2D eigenvalue weighted by atomic mass is 35.5. The van der Waals surface area contributed by atoms with Crippen molar-refractivity contribution < 1.29 is 23.9 Å². The molecule has 3 amide bonds. The van der Waals surface area contributed by atoms with E-state index in [2.05, 4.69) is 10.6 Å². The standard InChI is InChI=1S/C20H22ClN3O5S/c1-11-12(2)30-19(22-13(3)25)18(11)20(28)29-10-17(27)24(4)9-16(26)23-15-8-6-5-7-14(15)21/h5-8H,9-10H2,1-4H3,(H,22,25)(H,23,26). The van der Waals surface area contributed by atoms with Crippen LogP contribution in [-0.4, -0.2) is 48.8 Å². The lowest BCUT2D eigenvalue weighted by atomic mass is 10.1. The molecule has 0 unspecified atom stereocenters. The van der Waals surface area contributed by atoms with Crippen molar-refractivity contribution in [3.05, 3.63) is 45.3 Å². The van der Waals surface area contributed by atoms with Gasteiger partial charge < -0.3 is 20.3 Å². The summed E-state index contributed by atoms with van der Waals surface area (Å²) in [7, 11) is 1.42. The van der Waals surface area contributed by atoms with Gasteiger partial charge >= 0.3 is 5.97 Å². The molecule has 1 aromatic carbocycles. The van der Waals surface area contributed by atoms with Gasteiger partial charge in [0, 0.05) is 18.8 Å². The van der Waals surface area contributed by atoms with Gasteiger partial charge in [-0.05, 0) is 31.5 Å². The first-order chi connectivity index (χ1) is 14.1. The number of nitrogens with zero attached hydrogens (tertiary/aromatic N) is 1. The molecule has 0 aliphatic carbocycles. The van der Waals surface area contributed by atoms with Crippen molar-refractivity contribution in [2.75, 3.05) is 30.8 Å². The number of thiophene rings is 1. The van der Waals surface area contributed by atoms with Crippen molar-refractivity contribution in [3.8, 4) is 0 Å². The number of benzene rings is 1. The number of hydrogen-bond donors (Lipinski definition) is 2. The quantitative estimate of drug-likeness (QED) is 0.629. The van der Waals surface area contributed by atoms with Gasteiger partial charge in [0.25, 0.3) is 5.91 Å². The Morgan fingerprint density at radius 2 is 1.80 bits per heavy atom. The summed E-state index contributed by atoms with van der Waals surface area (Å²) in [4.78, 5) is 50.2. The summed E-state index contributed by atoms with van der Waals surface area (Å²) in [6, 6.07) is 6.73. The van der Waals surface area contributed by atoms with Gasteiger partial charge in [-0.15, -0.1) is 11.3 Å². The molecule has 0 saturated carbocycles. The fraction of sp³-hybridized carbons (Fsp3) is 0.300. The van der Waals surface area contributed by atoms with Crippen molar-refractivity contribution in [1.29, 1.82) is 0 Å². The van der Waals surface area contributed by atoms with Crippen molar-refractivity contribution in [2.45, 2.75) is 20.8 Å². The van der Waals surface area contributed by atoms with Gasteiger partial charge in [-0.3, -0.25) is 14.4 Å². The Labute approximate surface area is 183 Å². The Bertz CT molecular complexity index is 989. The minimum atomic E-state index is -0.720. The van der Waals surface area contributed by atoms with Gasteiger partial charge in [-0.2, -0.15) is 0 Å². The van der Waals surface area contributed by atoms with Crippen LogP contribution in [0.25, 0.3) is 0 Å². The third-order valence-electron chi connectivity index (χ3n) is 4.16. The number of rotatable bonds is 7. The number of carbonyl (C=O) groups excluding carboxylic acids is 4. The van der Waals surface area contributed by atoms with E-state index in [9.17, 15) is 19.2 Å². The van der Waals surface area contributed by atoms with Crippen LogP contribution in [0.2, 0.25) is 5.02 Å². The minimum Gasteiger partial charge on any atom is -0.452 e. The van der Waals surface area contributed by atoms with E-state index >= 15 is 0 Å². The van der Waals surface area contributed by atoms with Crippen LogP contribution in [0.1, 0.15) is 27.7 Å². The molecule has 2 rings (SSSR count). The molecule has 0 aliphatic heterocycles. The van der Waals surface area contributed by atoms with Gasteiger partial charge in [0.05, 0.1) is 22.8 Å². The van der Waals surface area contributed by atoms with Crippen LogP contribution in [0.4, 0.5) is 10.7 Å². The van der Waals surface area contributed by atoms with E-state index in [4.69, 9.17) is 16.3 Å². The van der Waals surface area contributed by atoms with Gasteiger partial charge in [-0.1, -0.05) is 23.7 Å². The predicted octanol–water partition coefficient (Wildman–Crippen LogP) is 3.23. The molecule has 2 N–H and O–H groups in total. The third kappa shape index (κ3) is 6.04. The molecule has 2 aromatic rings. The lowest BCUT2D eigenvalue weighted by Crippen LogP contribution is -2.37. The Morgan fingerprint density at radius 1 is 1.13 bits per heavy atom. The molecule has 10 heteroatoms. The number of esters is 1. The first-order valence-electron chi connectivity index (χ1n) is 8.93. The van der Waals surface area contributed by atoms with Crippen LogP contribution in [0.5, 0.6) is 0 Å². The molecule has 160 valence electrons. The maximum atomic E-state index is 12.5. The largest absolute Gasteiger partial charge is 0.452 e. The summed E-state index contributed by atoms with van der Waals surface area (Å²) in [5, 5.41) is 5.97. The van der Waals surface area contributed by atoms with Crippen LogP contribution in [0.15, 0.2) is 24.3 Å². The lowest BCUT2D eigenvalue weighted by Gasteiger charge is -2.17. The number of nitrogens with one attached hydrogen (secondary N) is 2.